The largest absolute Gasteiger partial charge is 0.496 e. The van der Waals surface area contributed by atoms with Crippen LogP contribution < -0.4 is 47.4 Å². The van der Waals surface area contributed by atoms with Crippen LogP contribution in [0.5, 0.6) is 57.5 Å². The molecule has 4 heterocycles. The Bertz CT molecular complexity index is 2530. The highest BCUT2D eigenvalue weighted by molar-refractivity contribution is 5.80. The smallest absolute Gasteiger partial charge is 0.231 e. The van der Waals surface area contributed by atoms with Gasteiger partial charge in [-0.3, -0.25) is 14.6 Å². The van der Waals surface area contributed by atoms with Crippen molar-refractivity contribution in [2.24, 2.45) is 0 Å². The minimum Gasteiger partial charge on any atom is -0.496 e. The average molecular weight is 895 g/mol. The predicted molar refractivity (Wildman–Crippen MR) is 237 cm³/mol. The molecular formula is C50H58N2O13. The molecule has 6 aliphatic rings. The number of carbonyl (C=O) groups excluding carboxylic acids is 1. The zero-order valence-corrected chi connectivity index (χ0v) is 38.7. The highest BCUT2D eigenvalue weighted by Crippen LogP contribution is 2.64. The lowest BCUT2D eigenvalue weighted by molar-refractivity contribution is -0.121. The van der Waals surface area contributed by atoms with E-state index in [0.29, 0.717) is 71.0 Å². The third-order valence-electron chi connectivity index (χ3n) is 15.0. The lowest BCUT2D eigenvalue weighted by atomic mass is 9.68. The molecule has 4 aliphatic heterocycles. The maximum absolute atomic E-state index is 15.0. The average Bonchev–Trinajstić information content (AvgIpc) is 4.02. The number of ether oxygens (including phenoxy) is 12. The highest BCUT2D eigenvalue weighted by Gasteiger charge is 2.52. The molecule has 0 spiro atoms. The summed E-state index contributed by atoms with van der Waals surface area (Å²) in [5.74, 6) is 6.52. The Hall–Kier alpha value is -5.61. The van der Waals surface area contributed by atoms with Crippen molar-refractivity contribution < 1.29 is 61.6 Å². The maximum atomic E-state index is 15.0. The Morgan fingerprint density at radius 3 is 1.34 bits per heavy atom. The van der Waals surface area contributed by atoms with E-state index in [0.717, 1.165) is 50.3 Å². The first-order valence-electron chi connectivity index (χ1n) is 22.2. The highest BCUT2D eigenvalue weighted by atomic mass is 16.7. The van der Waals surface area contributed by atoms with E-state index in [4.69, 9.17) is 56.8 Å². The summed E-state index contributed by atoms with van der Waals surface area (Å²) in [4.78, 5) is 19.7. The number of hydrogen-bond acceptors (Lipinski definition) is 15. The van der Waals surface area contributed by atoms with Crippen molar-refractivity contribution in [1.29, 1.82) is 0 Å². The minimum absolute atomic E-state index is 0.0451. The molecule has 8 atom stereocenters. The molecule has 4 aromatic rings. The van der Waals surface area contributed by atoms with E-state index < -0.39 is 0 Å². The van der Waals surface area contributed by atoms with E-state index in [2.05, 4.69) is 36.0 Å². The molecule has 65 heavy (non-hydrogen) atoms. The summed E-state index contributed by atoms with van der Waals surface area (Å²) in [6, 6.07) is 11.1. The van der Waals surface area contributed by atoms with Crippen LogP contribution in [0.3, 0.4) is 0 Å². The van der Waals surface area contributed by atoms with Gasteiger partial charge in [0, 0.05) is 97.5 Å². The quantitative estimate of drug-likeness (QED) is 0.127. The van der Waals surface area contributed by atoms with Crippen LogP contribution in [0, 0.1) is 0 Å². The number of ketones is 1. The fourth-order valence-corrected chi connectivity index (χ4v) is 12.2. The number of carbonyl (C=O) groups is 1. The van der Waals surface area contributed by atoms with Gasteiger partial charge in [0.15, 0.2) is 46.0 Å². The Balaban J connectivity index is 1.04. The summed E-state index contributed by atoms with van der Waals surface area (Å²) in [7, 11) is 17.7. The van der Waals surface area contributed by atoms with E-state index in [9.17, 15) is 0 Å². The van der Waals surface area contributed by atoms with Crippen LogP contribution in [-0.2, 0) is 14.3 Å². The second-order valence-corrected chi connectivity index (χ2v) is 17.6. The first-order valence-corrected chi connectivity index (χ1v) is 22.2. The van der Waals surface area contributed by atoms with Gasteiger partial charge in [0.25, 0.3) is 0 Å². The van der Waals surface area contributed by atoms with Gasteiger partial charge < -0.3 is 56.8 Å². The summed E-state index contributed by atoms with van der Waals surface area (Å²) >= 11 is 0. The van der Waals surface area contributed by atoms with E-state index in [1.165, 1.54) is 0 Å². The van der Waals surface area contributed by atoms with Crippen LogP contribution in [0.15, 0.2) is 36.4 Å². The van der Waals surface area contributed by atoms with E-state index in [1.807, 2.05) is 24.3 Å². The van der Waals surface area contributed by atoms with Crippen molar-refractivity contribution in [2.75, 3.05) is 84.6 Å². The van der Waals surface area contributed by atoms with Crippen LogP contribution in [0.4, 0.5) is 0 Å². The van der Waals surface area contributed by atoms with Gasteiger partial charge in [-0.1, -0.05) is 0 Å². The summed E-state index contributed by atoms with van der Waals surface area (Å²) in [5, 5.41) is 0. The van der Waals surface area contributed by atoms with E-state index in [1.54, 1.807) is 56.9 Å². The molecule has 4 aromatic carbocycles. The van der Waals surface area contributed by atoms with E-state index in [-0.39, 0.29) is 80.4 Å². The van der Waals surface area contributed by atoms with Gasteiger partial charge in [-0.05, 0) is 79.9 Å². The Morgan fingerprint density at radius 1 is 0.523 bits per heavy atom. The van der Waals surface area contributed by atoms with Gasteiger partial charge in [-0.25, -0.2) is 0 Å². The number of rotatable bonds is 13. The van der Waals surface area contributed by atoms with Crippen molar-refractivity contribution in [1.82, 2.24) is 9.80 Å². The molecule has 0 fully saturated rings. The molecule has 6 unspecified atom stereocenters. The van der Waals surface area contributed by atoms with Gasteiger partial charge in [-0.2, -0.15) is 0 Å². The SMILES string of the molecule is COc1cc2c(cc1OC)C1C(CC2OC)c2c(OC)cc3c(c2[C@@H](CC(=O)CC[C@H]2c4c5c(cc(OC)c4C4CC(OC)c6cc(OC)c(OC)cc6C4N2C)OCO5)N1C)OCO3. The summed E-state index contributed by atoms with van der Waals surface area (Å²) in [6.45, 7) is 0.178. The zero-order valence-electron chi connectivity index (χ0n) is 38.7. The number of Topliss-reactive ketones (excluding diaryl/α,β-unsaturated/α-hetero) is 1. The molecular weight excluding hydrogens is 837 g/mol. The van der Waals surface area contributed by atoms with E-state index >= 15 is 4.79 Å². The molecule has 0 amide bonds. The second kappa shape index (κ2) is 17.0. The number of methoxy groups -OCH3 is 8. The first-order chi connectivity index (χ1) is 31.6. The number of hydrogen-bond donors (Lipinski definition) is 0. The van der Waals surface area contributed by atoms with Crippen molar-refractivity contribution in [3.8, 4) is 57.5 Å². The molecule has 0 radical (unpaired) electrons. The maximum Gasteiger partial charge on any atom is 0.231 e. The normalized spacial score (nSPS) is 25.6. The van der Waals surface area contributed by atoms with Crippen molar-refractivity contribution >= 4 is 5.78 Å². The molecule has 15 heteroatoms. The van der Waals surface area contributed by atoms with Gasteiger partial charge >= 0.3 is 0 Å². The molecule has 2 aliphatic carbocycles. The van der Waals surface area contributed by atoms with Crippen LogP contribution >= 0.6 is 0 Å². The zero-order chi connectivity index (χ0) is 45.4. The summed E-state index contributed by atoms with van der Waals surface area (Å²) < 4.78 is 72.6. The van der Waals surface area contributed by atoms with Crippen molar-refractivity contribution in [3.63, 3.8) is 0 Å². The number of likely N-dealkylation sites (N-methyl/N-ethyl adjacent to an activating group) is 2. The third kappa shape index (κ3) is 6.63. The monoisotopic (exact) mass is 894 g/mol. The van der Waals surface area contributed by atoms with Crippen LogP contribution in [0.2, 0.25) is 0 Å². The predicted octanol–water partition coefficient (Wildman–Crippen LogP) is 8.44. The van der Waals surface area contributed by atoms with Crippen molar-refractivity contribution in [2.45, 2.75) is 80.3 Å². The van der Waals surface area contributed by atoms with Gasteiger partial charge in [0.2, 0.25) is 13.6 Å². The second-order valence-electron chi connectivity index (χ2n) is 17.6. The van der Waals surface area contributed by atoms with Crippen LogP contribution in [0.25, 0.3) is 0 Å². The van der Waals surface area contributed by atoms with Crippen LogP contribution in [0.1, 0.15) is 125 Å². The fourth-order valence-electron chi connectivity index (χ4n) is 12.2. The third-order valence-corrected chi connectivity index (χ3v) is 15.0. The Labute approximate surface area is 379 Å². The standard InChI is InChI=1S/C50H58N2O13/c1-51-31(45-43(39(60-9)20-41-49(45)64-22-62-41)29-18-33(54-3)25-14-35(56-5)37(58-7)16-27(25)47(29)51)12-11-24(53)13-32-46-44(40(61-10)21-42-50(46)65-23-63-42)30-19-34(55-4)26-15-36(57-6)38(59-8)17-28(26)48(30)52(32)2/h14-17,20-21,29-34,47-48H,11-13,18-19,22-23H2,1-10H3/t29?,30?,31-,32+,33?,34?,47?,48?/m0/s1. The topological polar surface area (TPSA) is 134 Å². The number of fused-ring (bicyclic) bond motifs is 14. The first kappa shape index (κ1) is 43.3. The fraction of sp³-hybridized carbons (Fsp3) is 0.500. The lowest BCUT2D eigenvalue weighted by Gasteiger charge is -2.50. The van der Waals surface area contributed by atoms with Gasteiger partial charge in [-0.15, -0.1) is 0 Å². The molecule has 0 aromatic heterocycles. The van der Waals surface area contributed by atoms with Crippen LogP contribution in [-0.4, -0.2) is 100 Å². The Morgan fingerprint density at radius 2 is 0.923 bits per heavy atom. The molecule has 0 N–H and O–H groups in total. The molecule has 10 rings (SSSR count). The molecule has 346 valence electrons. The van der Waals surface area contributed by atoms with Gasteiger partial charge in [0.1, 0.15) is 17.3 Å². The Kier molecular flexibility index (Phi) is 11.3. The minimum atomic E-state index is -0.384. The molecule has 0 bridgehead atoms. The molecule has 0 saturated carbocycles. The number of nitrogens with zero attached hydrogens (tertiary/aromatic N) is 2. The molecule has 0 saturated heterocycles. The molecule has 15 nitrogen and oxygen atoms in total. The van der Waals surface area contributed by atoms with Gasteiger partial charge in [0.05, 0.1) is 54.9 Å². The summed E-state index contributed by atoms with van der Waals surface area (Å²) in [6.07, 6.45) is 1.90. The number of benzene rings is 4. The summed E-state index contributed by atoms with van der Waals surface area (Å²) in [5.41, 5.74) is 8.14. The lowest BCUT2D eigenvalue weighted by Crippen LogP contribution is -2.43. The van der Waals surface area contributed by atoms with Crippen molar-refractivity contribution in [3.05, 3.63) is 80.9 Å².